The van der Waals surface area contributed by atoms with Crippen molar-refractivity contribution in [3.63, 3.8) is 0 Å². The molecule has 2 aromatic heterocycles. The maximum Gasteiger partial charge on any atom is 0.274 e. The van der Waals surface area contributed by atoms with Crippen molar-refractivity contribution < 1.29 is 9.53 Å². The van der Waals surface area contributed by atoms with Crippen LogP contribution < -0.4 is 10.9 Å². The molecular weight excluding hydrogens is 406 g/mol. The number of morpholine rings is 1. The number of H-pyrrole nitrogens is 1. The highest BCUT2D eigenvalue weighted by atomic mass is 16.5. The number of benzene rings is 1. The number of imidazole rings is 1. The number of hydrogen-bond acceptors (Lipinski definition) is 5. The van der Waals surface area contributed by atoms with Crippen molar-refractivity contribution >= 4 is 22.6 Å². The molecule has 1 amide bonds. The molecule has 1 saturated heterocycles. The molecule has 166 valence electrons. The standard InChI is InChI=1S/C24H27N5O3/c1-3-4-5-29-13-19(17-10-15(2)27-22(17)24(29)31)18-11-16(12-20-21(18)26-14-25-20)23(30)28-6-8-32-9-7-28/h3,11-15,27H,1,4-10H2,2H3,(H,25,26). The molecule has 2 aliphatic heterocycles. The number of carbonyl (C=O) groups is 1. The largest absolute Gasteiger partial charge is 0.378 e. The van der Waals surface area contributed by atoms with Gasteiger partial charge in [0.2, 0.25) is 0 Å². The number of aromatic amines is 1. The number of anilines is 1. The molecule has 0 saturated carbocycles. The lowest BCUT2D eigenvalue weighted by Gasteiger charge is -2.27. The van der Waals surface area contributed by atoms with E-state index in [9.17, 15) is 9.59 Å². The predicted molar refractivity (Wildman–Crippen MR) is 124 cm³/mol. The number of allylic oxidation sites excluding steroid dienone is 1. The molecule has 1 fully saturated rings. The molecular formula is C24H27N5O3. The van der Waals surface area contributed by atoms with Crippen LogP contribution in [0.4, 0.5) is 5.69 Å². The van der Waals surface area contributed by atoms with Gasteiger partial charge in [0.05, 0.1) is 30.6 Å². The Bertz CT molecular complexity index is 1250. The van der Waals surface area contributed by atoms with Crippen molar-refractivity contribution in [1.82, 2.24) is 19.4 Å². The van der Waals surface area contributed by atoms with E-state index in [0.717, 1.165) is 34.1 Å². The summed E-state index contributed by atoms with van der Waals surface area (Å²) in [4.78, 5) is 35.8. The number of carbonyl (C=O) groups excluding carboxylic acids is 1. The Kier molecular flexibility index (Phi) is 5.30. The molecule has 0 radical (unpaired) electrons. The monoisotopic (exact) mass is 433 g/mol. The molecule has 8 heteroatoms. The molecule has 2 aliphatic rings. The molecule has 2 N–H and O–H groups in total. The van der Waals surface area contributed by atoms with Gasteiger partial charge in [-0.15, -0.1) is 6.58 Å². The highest BCUT2D eigenvalue weighted by molar-refractivity contribution is 6.03. The van der Waals surface area contributed by atoms with Gasteiger partial charge in [-0.3, -0.25) is 9.59 Å². The van der Waals surface area contributed by atoms with Crippen molar-refractivity contribution in [3.8, 4) is 11.1 Å². The number of rotatable bonds is 5. The summed E-state index contributed by atoms with van der Waals surface area (Å²) in [7, 11) is 0. The number of amides is 1. The van der Waals surface area contributed by atoms with Crippen LogP contribution in [0.25, 0.3) is 22.2 Å². The van der Waals surface area contributed by atoms with Crippen LogP contribution in [0, 0.1) is 0 Å². The summed E-state index contributed by atoms with van der Waals surface area (Å²) in [5.41, 5.74) is 5.61. The van der Waals surface area contributed by atoms with E-state index in [2.05, 4.69) is 28.8 Å². The van der Waals surface area contributed by atoms with E-state index in [4.69, 9.17) is 4.74 Å². The third kappa shape index (κ3) is 3.50. The maximum absolute atomic E-state index is 13.3. The molecule has 8 nitrogen and oxygen atoms in total. The second-order valence-electron chi connectivity index (χ2n) is 8.45. The third-order valence-electron chi connectivity index (χ3n) is 6.22. The summed E-state index contributed by atoms with van der Waals surface area (Å²) in [6, 6.07) is 3.94. The van der Waals surface area contributed by atoms with E-state index in [1.54, 1.807) is 10.9 Å². The molecule has 0 aliphatic carbocycles. The summed E-state index contributed by atoms with van der Waals surface area (Å²) in [5, 5.41) is 3.35. The Morgan fingerprint density at radius 3 is 2.91 bits per heavy atom. The summed E-state index contributed by atoms with van der Waals surface area (Å²) in [6.07, 6.45) is 6.81. The van der Waals surface area contributed by atoms with Gasteiger partial charge >= 0.3 is 0 Å². The van der Waals surface area contributed by atoms with Gasteiger partial charge in [-0.05, 0) is 37.5 Å². The lowest BCUT2D eigenvalue weighted by Crippen LogP contribution is -2.40. The van der Waals surface area contributed by atoms with Crippen LogP contribution in [-0.2, 0) is 17.7 Å². The van der Waals surface area contributed by atoms with Crippen molar-refractivity contribution in [2.75, 3.05) is 31.6 Å². The second kappa shape index (κ2) is 8.27. The Labute approximate surface area is 185 Å². The molecule has 1 aromatic carbocycles. The molecule has 1 atom stereocenters. The number of hydrogen-bond donors (Lipinski definition) is 2. The van der Waals surface area contributed by atoms with Crippen LogP contribution in [0.3, 0.4) is 0 Å². The molecule has 0 spiro atoms. The molecule has 4 heterocycles. The highest BCUT2D eigenvalue weighted by Gasteiger charge is 2.27. The van der Waals surface area contributed by atoms with E-state index >= 15 is 0 Å². The van der Waals surface area contributed by atoms with Crippen LogP contribution in [0.15, 0.2) is 42.1 Å². The normalized spacial score (nSPS) is 17.9. The van der Waals surface area contributed by atoms with Gasteiger partial charge in [0.25, 0.3) is 11.5 Å². The fourth-order valence-corrected chi connectivity index (χ4v) is 4.62. The van der Waals surface area contributed by atoms with E-state index in [1.165, 1.54) is 0 Å². The summed E-state index contributed by atoms with van der Waals surface area (Å²) in [6.45, 7) is 8.67. The number of aromatic nitrogens is 3. The minimum atomic E-state index is -0.0197. The van der Waals surface area contributed by atoms with Crippen LogP contribution in [0.2, 0.25) is 0 Å². The van der Waals surface area contributed by atoms with E-state index in [1.807, 2.05) is 29.3 Å². The van der Waals surface area contributed by atoms with Crippen LogP contribution >= 0.6 is 0 Å². The van der Waals surface area contributed by atoms with E-state index in [0.29, 0.717) is 50.5 Å². The summed E-state index contributed by atoms with van der Waals surface area (Å²) >= 11 is 0. The first-order chi connectivity index (χ1) is 15.6. The number of nitrogens with zero attached hydrogens (tertiary/aromatic N) is 3. The zero-order valence-electron chi connectivity index (χ0n) is 18.2. The van der Waals surface area contributed by atoms with Crippen LogP contribution in [-0.4, -0.2) is 57.7 Å². The molecule has 5 rings (SSSR count). The number of aryl methyl sites for hydroxylation is 1. The zero-order chi connectivity index (χ0) is 22.2. The highest BCUT2D eigenvalue weighted by Crippen LogP contribution is 2.36. The first-order valence-corrected chi connectivity index (χ1v) is 11.0. The predicted octanol–water partition coefficient (Wildman–Crippen LogP) is 2.80. The fourth-order valence-electron chi connectivity index (χ4n) is 4.62. The molecule has 3 aromatic rings. The van der Waals surface area contributed by atoms with Crippen molar-refractivity contribution in [2.45, 2.75) is 32.4 Å². The average Bonchev–Trinajstić information content (AvgIpc) is 3.45. The lowest BCUT2D eigenvalue weighted by atomic mass is 9.95. The Morgan fingerprint density at radius 2 is 2.12 bits per heavy atom. The van der Waals surface area contributed by atoms with Crippen LogP contribution in [0.1, 0.15) is 29.3 Å². The van der Waals surface area contributed by atoms with Gasteiger partial charge in [-0.2, -0.15) is 0 Å². The van der Waals surface area contributed by atoms with E-state index in [-0.39, 0.29) is 17.5 Å². The number of fused-ring (bicyclic) bond motifs is 2. The zero-order valence-corrected chi connectivity index (χ0v) is 18.2. The number of pyridine rings is 1. The SMILES string of the molecule is C=CCCn1cc(-c2cc(C(=O)N3CCOCC3)cc3[nH]cnc23)c2c(c1=O)NC(C)C2. The van der Waals surface area contributed by atoms with Gasteiger partial charge in [-0.25, -0.2) is 4.98 Å². The smallest absolute Gasteiger partial charge is 0.274 e. The maximum atomic E-state index is 13.3. The fraction of sp³-hybridized carbons (Fsp3) is 0.375. The van der Waals surface area contributed by atoms with Gasteiger partial charge in [-0.1, -0.05) is 6.08 Å². The van der Waals surface area contributed by atoms with Crippen molar-refractivity contribution in [2.24, 2.45) is 0 Å². The summed E-state index contributed by atoms with van der Waals surface area (Å²) in [5.74, 6) is -0.0193. The summed E-state index contributed by atoms with van der Waals surface area (Å²) < 4.78 is 7.13. The molecule has 32 heavy (non-hydrogen) atoms. The van der Waals surface area contributed by atoms with Crippen LogP contribution in [0.5, 0.6) is 0 Å². The lowest BCUT2D eigenvalue weighted by molar-refractivity contribution is 0.0303. The average molecular weight is 434 g/mol. The topological polar surface area (TPSA) is 92.2 Å². The van der Waals surface area contributed by atoms with Gasteiger partial charge in [0, 0.05) is 48.6 Å². The van der Waals surface area contributed by atoms with Crippen molar-refractivity contribution in [1.29, 1.82) is 0 Å². The Morgan fingerprint density at radius 1 is 1.31 bits per heavy atom. The number of ether oxygens (including phenoxy) is 1. The minimum absolute atomic E-state index is 0.0193. The first kappa shape index (κ1) is 20.5. The van der Waals surface area contributed by atoms with Crippen molar-refractivity contribution in [3.05, 3.63) is 58.8 Å². The quantitative estimate of drug-likeness (QED) is 0.604. The van der Waals surface area contributed by atoms with Gasteiger partial charge in [0.1, 0.15) is 5.69 Å². The van der Waals surface area contributed by atoms with E-state index < -0.39 is 0 Å². The Hall–Kier alpha value is -3.39. The number of nitrogens with one attached hydrogen (secondary N) is 2. The van der Waals surface area contributed by atoms with Gasteiger partial charge < -0.3 is 24.5 Å². The van der Waals surface area contributed by atoms with Gasteiger partial charge in [0.15, 0.2) is 0 Å². The first-order valence-electron chi connectivity index (χ1n) is 11.0. The second-order valence-corrected chi connectivity index (χ2v) is 8.45. The molecule has 0 bridgehead atoms. The molecule has 1 unspecified atom stereocenters. The Balaban J connectivity index is 1.68. The minimum Gasteiger partial charge on any atom is -0.378 e. The third-order valence-corrected chi connectivity index (χ3v) is 6.22.